The van der Waals surface area contributed by atoms with Crippen LogP contribution in [0.2, 0.25) is 0 Å². The van der Waals surface area contributed by atoms with Gasteiger partial charge in [-0.05, 0) is 37.7 Å². The summed E-state index contributed by atoms with van der Waals surface area (Å²) in [4.78, 5) is 4.02. The van der Waals surface area contributed by atoms with Crippen molar-refractivity contribution in [3.8, 4) is 11.5 Å². The van der Waals surface area contributed by atoms with E-state index in [2.05, 4.69) is 17.2 Å². The first-order valence-corrected chi connectivity index (χ1v) is 7.11. The maximum Gasteiger partial charge on any atom is 0.127 e. The van der Waals surface area contributed by atoms with Crippen LogP contribution in [-0.4, -0.2) is 25.7 Å². The third-order valence-electron chi connectivity index (χ3n) is 3.52. The molecule has 1 aromatic carbocycles. The van der Waals surface area contributed by atoms with Crippen LogP contribution in [0.4, 0.5) is 0 Å². The molecule has 0 aliphatic heterocycles. The number of hydrogen-bond acceptors (Lipinski definition) is 4. The van der Waals surface area contributed by atoms with E-state index in [1.165, 1.54) is 5.56 Å². The molecule has 0 aliphatic rings. The van der Waals surface area contributed by atoms with Crippen LogP contribution in [0.1, 0.15) is 24.1 Å². The summed E-state index contributed by atoms with van der Waals surface area (Å²) in [6.45, 7) is 2.73. The molecule has 4 nitrogen and oxygen atoms in total. The summed E-state index contributed by atoms with van der Waals surface area (Å²) in [5.74, 6) is 1.67. The largest absolute Gasteiger partial charge is 0.497 e. The molecule has 2 aromatic rings. The van der Waals surface area contributed by atoms with Gasteiger partial charge in [-0.1, -0.05) is 6.07 Å². The zero-order valence-electron chi connectivity index (χ0n) is 12.8. The van der Waals surface area contributed by atoms with Crippen LogP contribution in [0, 0.1) is 0 Å². The zero-order valence-corrected chi connectivity index (χ0v) is 12.8. The topological polar surface area (TPSA) is 43.4 Å². The first-order chi connectivity index (χ1) is 10.2. The molecule has 1 N–H and O–H groups in total. The minimum Gasteiger partial charge on any atom is -0.497 e. The Labute approximate surface area is 126 Å². The van der Waals surface area contributed by atoms with Crippen molar-refractivity contribution in [1.82, 2.24) is 10.3 Å². The van der Waals surface area contributed by atoms with Crippen LogP contribution >= 0.6 is 0 Å². The van der Waals surface area contributed by atoms with E-state index in [1.54, 1.807) is 19.5 Å². The van der Waals surface area contributed by atoms with Crippen LogP contribution in [-0.2, 0) is 6.42 Å². The molecule has 0 fully saturated rings. The summed E-state index contributed by atoms with van der Waals surface area (Å²) >= 11 is 0. The van der Waals surface area contributed by atoms with Gasteiger partial charge in [-0.2, -0.15) is 0 Å². The average Bonchev–Trinajstić information content (AvgIpc) is 2.55. The summed E-state index contributed by atoms with van der Waals surface area (Å²) < 4.78 is 11.2. The second-order valence-corrected chi connectivity index (χ2v) is 4.87. The third kappa shape index (κ3) is 4.20. The Bertz CT molecular complexity index is 558. The van der Waals surface area contributed by atoms with Gasteiger partial charge in [0.15, 0.2) is 0 Å². The number of hydrogen-bond donors (Lipinski definition) is 1. The number of nitrogens with one attached hydrogen (secondary N) is 1. The molecular formula is C17H22N2O2. The second kappa shape index (κ2) is 7.64. The quantitative estimate of drug-likeness (QED) is 0.849. The molecule has 1 unspecified atom stereocenters. The fraction of sp³-hybridized carbons (Fsp3) is 0.353. The highest BCUT2D eigenvalue weighted by Gasteiger charge is 2.11. The molecule has 0 saturated heterocycles. The molecule has 1 atom stereocenters. The molecule has 1 heterocycles. The zero-order chi connectivity index (χ0) is 15.1. The van der Waals surface area contributed by atoms with Crippen LogP contribution in [0.25, 0.3) is 0 Å². The number of pyridine rings is 1. The molecule has 0 saturated carbocycles. The van der Waals surface area contributed by atoms with Crippen molar-refractivity contribution >= 4 is 0 Å². The van der Waals surface area contributed by atoms with Crippen molar-refractivity contribution in [3.63, 3.8) is 0 Å². The average molecular weight is 286 g/mol. The van der Waals surface area contributed by atoms with Crippen molar-refractivity contribution in [2.45, 2.75) is 19.4 Å². The van der Waals surface area contributed by atoms with E-state index >= 15 is 0 Å². The van der Waals surface area contributed by atoms with E-state index < -0.39 is 0 Å². The monoisotopic (exact) mass is 286 g/mol. The summed E-state index contributed by atoms with van der Waals surface area (Å²) in [5, 5.41) is 3.24. The van der Waals surface area contributed by atoms with Gasteiger partial charge in [-0.15, -0.1) is 0 Å². The molecule has 0 radical (unpaired) electrons. The molecule has 0 aliphatic carbocycles. The van der Waals surface area contributed by atoms with Crippen molar-refractivity contribution in [3.05, 3.63) is 53.9 Å². The van der Waals surface area contributed by atoms with Crippen molar-refractivity contribution in [2.24, 2.45) is 0 Å². The van der Waals surface area contributed by atoms with Gasteiger partial charge < -0.3 is 14.8 Å². The molecule has 0 amide bonds. The smallest absolute Gasteiger partial charge is 0.127 e. The number of aromatic nitrogens is 1. The van der Waals surface area contributed by atoms with Gasteiger partial charge in [0, 0.05) is 36.5 Å². The summed E-state index contributed by atoms with van der Waals surface area (Å²) in [6.07, 6.45) is 4.46. The lowest BCUT2D eigenvalue weighted by Gasteiger charge is -2.17. The first-order valence-electron chi connectivity index (χ1n) is 7.11. The highest BCUT2D eigenvalue weighted by atomic mass is 16.5. The number of methoxy groups -OCH3 is 1. The van der Waals surface area contributed by atoms with Gasteiger partial charge in [0.2, 0.25) is 0 Å². The Hall–Kier alpha value is -2.07. The minimum absolute atomic E-state index is 0.229. The van der Waals surface area contributed by atoms with Crippen LogP contribution < -0.4 is 14.8 Å². The molecule has 4 heteroatoms. The predicted octanol–water partition coefficient (Wildman–Crippen LogP) is 2.99. The predicted molar refractivity (Wildman–Crippen MR) is 83.9 cm³/mol. The fourth-order valence-corrected chi connectivity index (χ4v) is 2.11. The van der Waals surface area contributed by atoms with E-state index in [9.17, 15) is 0 Å². The summed E-state index contributed by atoms with van der Waals surface area (Å²) in [6, 6.07) is 10.2. The first kappa shape index (κ1) is 15.3. The van der Waals surface area contributed by atoms with Crippen molar-refractivity contribution in [1.29, 1.82) is 0 Å². The number of rotatable bonds is 7. The Morgan fingerprint density at radius 3 is 2.62 bits per heavy atom. The Morgan fingerprint density at radius 1 is 1.19 bits per heavy atom. The second-order valence-electron chi connectivity index (χ2n) is 4.87. The minimum atomic E-state index is 0.229. The van der Waals surface area contributed by atoms with Crippen LogP contribution in [0.3, 0.4) is 0 Å². The lowest BCUT2D eigenvalue weighted by atomic mass is 10.1. The van der Waals surface area contributed by atoms with Gasteiger partial charge in [-0.25, -0.2) is 0 Å². The SMILES string of the molecule is CNC(C)c1ccc(OC)cc1OCCc1ccncc1. The van der Waals surface area contributed by atoms with Gasteiger partial charge in [0.1, 0.15) is 11.5 Å². The van der Waals surface area contributed by atoms with E-state index in [4.69, 9.17) is 9.47 Å². The van der Waals surface area contributed by atoms with E-state index in [-0.39, 0.29) is 6.04 Å². The lowest BCUT2D eigenvalue weighted by molar-refractivity contribution is 0.312. The Balaban J connectivity index is 2.06. The maximum atomic E-state index is 5.97. The highest BCUT2D eigenvalue weighted by Crippen LogP contribution is 2.29. The Morgan fingerprint density at radius 2 is 1.95 bits per heavy atom. The molecule has 2 rings (SSSR count). The van der Waals surface area contributed by atoms with Crippen LogP contribution in [0.5, 0.6) is 11.5 Å². The molecule has 112 valence electrons. The fourth-order valence-electron chi connectivity index (χ4n) is 2.11. The van der Waals surface area contributed by atoms with E-state index in [1.807, 2.05) is 37.4 Å². The molecule has 1 aromatic heterocycles. The molecule has 0 bridgehead atoms. The standard InChI is InChI=1S/C17H22N2O2/c1-13(18-2)16-5-4-15(20-3)12-17(16)21-11-8-14-6-9-19-10-7-14/h4-7,9-10,12-13,18H,8,11H2,1-3H3. The van der Waals surface area contributed by atoms with Crippen LogP contribution in [0.15, 0.2) is 42.7 Å². The van der Waals surface area contributed by atoms with Gasteiger partial charge in [0.05, 0.1) is 13.7 Å². The molecule has 21 heavy (non-hydrogen) atoms. The molecule has 0 spiro atoms. The number of ether oxygens (including phenoxy) is 2. The van der Waals surface area contributed by atoms with Gasteiger partial charge in [-0.3, -0.25) is 4.98 Å². The summed E-state index contributed by atoms with van der Waals surface area (Å²) in [7, 11) is 3.60. The van der Waals surface area contributed by atoms with Gasteiger partial charge >= 0.3 is 0 Å². The summed E-state index contributed by atoms with van der Waals surface area (Å²) in [5.41, 5.74) is 2.35. The number of benzene rings is 1. The van der Waals surface area contributed by atoms with E-state index in [0.29, 0.717) is 6.61 Å². The highest BCUT2D eigenvalue weighted by molar-refractivity contribution is 5.42. The Kier molecular flexibility index (Phi) is 5.58. The van der Waals surface area contributed by atoms with E-state index in [0.717, 1.165) is 23.5 Å². The normalized spacial score (nSPS) is 12.0. The van der Waals surface area contributed by atoms with Crippen molar-refractivity contribution in [2.75, 3.05) is 20.8 Å². The van der Waals surface area contributed by atoms with Crippen molar-refractivity contribution < 1.29 is 9.47 Å². The lowest BCUT2D eigenvalue weighted by Crippen LogP contribution is -2.14. The maximum absolute atomic E-state index is 5.97. The number of nitrogens with zero attached hydrogens (tertiary/aromatic N) is 1. The van der Waals surface area contributed by atoms with Gasteiger partial charge in [0.25, 0.3) is 0 Å². The molecular weight excluding hydrogens is 264 g/mol. The third-order valence-corrected chi connectivity index (χ3v) is 3.52.